The number of likely N-dealkylation sites (tertiary alicyclic amines) is 1. The maximum absolute atomic E-state index is 13.0. The Morgan fingerprint density at radius 2 is 1.02 bits per heavy atom. The first-order valence-electron chi connectivity index (χ1n) is 24.2. The number of allylic oxidation sites excluding steroid dienone is 4. The summed E-state index contributed by atoms with van der Waals surface area (Å²) in [5.74, 6) is -1.20. The van der Waals surface area contributed by atoms with Crippen molar-refractivity contribution in [1.29, 1.82) is 0 Å². The zero-order valence-electron chi connectivity index (χ0n) is 38.4. The van der Waals surface area contributed by atoms with Crippen molar-refractivity contribution in [2.45, 2.75) is 213 Å². The summed E-state index contributed by atoms with van der Waals surface area (Å²) in [4.78, 5) is 40.4. The minimum absolute atomic E-state index is 0.0146. The molecule has 1 rings (SSSR count). The highest BCUT2D eigenvalue weighted by molar-refractivity contribution is 5.69. The number of esters is 2. The van der Waals surface area contributed by atoms with Crippen LogP contribution in [0.5, 0.6) is 0 Å². The molecule has 0 bridgehead atoms. The Labute approximate surface area is 361 Å². The summed E-state index contributed by atoms with van der Waals surface area (Å²) in [6.07, 6.45) is 36.4. The van der Waals surface area contributed by atoms with Crippen LogP contribution in [-0.4, -0.2) is 88.6 Å². The zero-order chi connectivity index (χ0) is 42.9. The van der Waals surface area contributed by atoms with E-state index in [0.29, 0.717) is 26.1 Å². The van der Waals surface area contributed by atoms with Gasteiger partial charge in [0.25, 0.3) is 0 Å². The van der Waals surface area contributed by atoms with Gasteiger partial charge in [0.2, 0.25) is 0 Å². The smallest absolute Gasteiger partial charge is 0.465 e. The third-order valence-corrected chi connectivity index (χ3v) is 10.8. The van der Waals surface area contributed by atoms with Crippen molar-refractivity contribution in [1.82, 2.24) is 4.90 Å². The van der Waals surface area contributed by atoms with Gasteiger partial charge in [-0.3, -0.25) is 9.59 Å². The summed E-state index contributed by atoms with van der Waals surface area (Å²) in [6.45, 7) is 9.46. The molecule has 0 amide bonds. The second kappa shape index (κ2) is 40.9. The molecule has 10 heteroatoms. The quantitative estimate of drug-likeness (QED) is 0.0194. The standard InChI is InChI=1S/C49H89NO9/c1-5-8-11-14-17-18-19-20-21-22-23-24-25-26-29-32-46(51)56-41-44(43-58-49(53)59-45-35-37-50(4)38-36-45)42-57-47(52)33-34-48(54-39-30-27-15-12-9-6-2)55-40-31-28-16-13-10-7-3/h17-18,20-21,44-45,48H,5-16,19,22-43H2,1-4H3. The molecule has 1 atom stereocenters. The number of rotatable bonds is 40. The van der Waals surface area contributed by atoms with Gasteiger partial charge in [0, 0.05) is 39.1 Å². The van der Waals surface area contributed by atoms with Crippen molar-refractivity contribution in [3.05, 3.63) is 24.3 Å². The second-order valence-electron chi connectivity index (χ2n) is 16.6. The molecule has 0 aromatic heterocycles. The summed E-state index contributed by atoms with van der Waals surface area (Å²) in [7, 11) is 2.05. The van der Waals surface area contributed by atoms with E-state index < -0.39 is 24.3 Å². The molecule has 344 valence electrons. The van der Waals surface area contributed by atoms with Gasteiger partial charge in [0.15, 0.2) is 6.29 Å². The van der Waals surface area contributed by atoms with Crippen molar-refractivity contribution >= 4 is 18.1 Å². The summed E-state index contributed by atoms with van der Waals surface area (Å²) < 4.78 is 34.4. The van der Waals surface area contributed by atoms with Crippen LogP contribution < -0.4 is 0 Å². The SMILES string of the molecule is CCCCCC=CCC=CCCCCCCCC(=O)OCC(COC(=O)CCC(OCCCCCCCC)OCCCCCCCC)COC(=O)OC1CCN(C)CC1. The van der Waals surface area contributed by atoms with Crippen LogP contribution in [0.2, 0.25) is 0 Å². The van der Waals surface area contributed by atoms with Crippen LogP contribution in [0, 0.1) is 5.92 Å². The van der Waals surface area contributed by atoms with E-state index in [1.54, 1.807) is 0 Å². The Morgan fingerprint density at radius 3 is 1.59 bits per heavy atom. The highest BCUT2D eigenvalue weighted by Crippen LogP contribution is 2.16. The van der Waals surface area contributed by atoms with Gasteiger partial charge in [0.05, 0.1) is 12.3 Å². The van der Waals surface area contributed by atoms with E-state index in [9.17, 15) is 14.4 Å². The van der Waals surface area contributed by atoms with E-state index in [0.717, 1.165) is 96.6 Å². The van der Waals surface area contributed by atoms with Gasteiger partial charge in [-0.25, -0.2) is 4.79 Å². The van der Waals surface area contributed by atoms with Crippen LogP contribution in [0.3, 0.4) is 0 Å². The van der Waals surface area contributed by atoms with Crippen LogP contribution in [0.1, 0.15) is 201 Å². The molecular formula is C49H89NO9. The molecule has 0 radical (unpaired) electrons. The Morgan fingerprint density at radius 1 is 0.559 bits per heavy atom. The van der Waals surface area contributed by atoms with Gasteiger partial charge >= 0.3 is 18.1 Å². The number of hydrogen-bond donors (Lipinski definition) is 0. The fourth-order valence-electron chi connectivity index (χ4n) is 6.89. The lowest BCUT2D eigenvalue weighted by atomic mass is 10.1. The second-order valence-corrected chi connectivity index (χ2v) is 16.6. The highest BCUT2D eigenvalue weighted by atomic mass is 16.7. The summed E-state index contributed by atoms with van der Waals surface area (Å²) in [5.41, 5.74) is 0. The molecule has 1 aliphatic rings. The molecule has 0 N–H and O–H groups in total. The van der Waals surface area contributed by atoms with Crippen molar-refractivity contribution in [3.63, 3.8) is 0 Å². The highest BCUT2D eigenvalue weighted by Gasteiger charge is 2.23. The first kappa shape index (κ1) is 54.6. The van der Waals surface area contributed by atoms with E-state index in [4.69, 9.17) is 28.4 Å². The zero-order valence-corrected chi connectivity index (χ0v) is 38.4. The fraction of sp³-hybridized carbons (Fsp3) is 0.857. The third kappa shape index (κ3) is 36.0. The van der Waals surface area contributed by atoms with Crippen LogP contribution >= 0.6 is 0 Å². The average molecular weight is 836 g/mol. The van der Waals surface area contributed by atoms with E-state index in [1.807, 2.05) is 7.05 Å². The van der Waals surface area contributed by atoms with E-state index >= 15 is 0 Å². The number of unbranched alkanes of at least 4 members (excludes halogenated alkanes) is 18. The van der Waals surface area contributed by atoms with Crippen molar-refractivity contribution in [2.24, 2.45) is 5.92 Å². The molecule has 10 nitrogen and oxygen atoms in total. The average Bonchev–Trinajstić information content (AvgIpc) is 3.23. The molecule has 1 heterocycles. The molecule has 0 aliphatic carbocycles. The summed E-state index contributed by atoms with van der Waals surface area (Å²) in [6, 6.07) is 0. The first-order chi connectivity index (χ1) is 28.9. The Kier molecular flexibility index (Phi) is 37.9. The van der Waals surface area contributed by atoms with Crippen LogP contribution in [0.4, 0.5) is 4.79 Å². The lowest BCUT2D eigenvalue weighted by Gasteiger charge is -2.28. The van der Waals surface area contributed by atoms with E-state index in [1.165, 1.54) is 77.0 Å². The monoisotopic (exact) mass is 836 g/mol. The maximum Gasteiger partial charge on any atom is 0.508 e. The molecule has 0 aromatic rings. The number of hydrogen-bond acceptors (Lipinski definition) is 10. The van der Waals surface area contributed by atoms with E-state index in [-0.39, 0.29) is 38.3 Å². The number of ether oxygens (including phenoxy) is 6. The predicted octanol–water partition coefficient (Wildman–Crippen LogP) is 12.6. The molecule has 1 aliphatic heterocycles. The first-order valence-corrected chi connectivity index (χ1v) is 24.2. The predicted molar refractivity (Wildman–Crippen MR) is 239 cm³/mol. The van der Waals surface area contributed by atoms with Crippen molar-refractivity contribution < 1.29 is 42.8 Å². The number of carbonyl (C=O) groups is 3. The topological polar surface area (TPSA) is 110 Å². The van der Waals surface area contributed by atoms with Gasteiger partial charge in [-0.15, -0.1) is 0 Å². The van der Waals surface area contributed by atoms with Crippen LogP contribution in [0.25, 0.3) is 0 Å². The lowest BCUT2D eigenvalue weighted by Crippen LogP contribution is -2.35. The number of carbonyl (C=O) groups excluding carboxylic acids is 3. The van der Waals surface area contributed by atoms with Gasteiger partial charge < -0.3 is 33.3 Å². The van der Waals surface area contributed by atoms with Crippen LogP contribution in [-0.2, 0) is 38.0 Å². The molecule has 1 fully saturated rings. The van der Waals surface area contributed by atoms with Gasteiger partial charge in [-0.05, 0) is 71.3 Å². The molecular weight excluding hydrogens is 747 g/mol. The maximum atomic E-state index is 13.0. The number of piperidine rings is 1. The van der Waals surface area contributed by atoms with Gasteiger partial charge in [-0.2, -0.15) is 0 Å². The third-order valence-electron chi connectivity index (χ3n) is 10.8. The molecule has 1 saturated heterocycles. The fourth-order valence-corrected chi connectivity index (χ4v) is 6.89. The van der Waals surface area contributed by atoms with Gasteiger partial charge in [0.1, 0.15) is 25.9 Å². The molecule has 0 saturated carbocycles. The Hall–Kier alpha value is -2.43. The van der Waals surface area contributed by atoms with Crippen molar-refractivity contribution in [3.8, 4) is 0 Å². The number of nitrogens with zero attached hydrogens (tertiary/aromatic N) is 1. The van der Waals surface area contributed by atoms with E-state index in [2.05, 4.69) is 50.0 Å². The molecule has 0 aromatic carbocycles. The van der Waals surface area contributed by atoms with Crippen molar-refractivity contribution in [2.75, 3.05) is 53.2 Å². The summed E-state index contributed by atoms with van der Waals surface area (Å²) >= 11 is 0. The molecule has 0 spiro atoms. The van der Waals surface area contributed by atoms with Crippen LogP contribution in [0.15, 0.2) is 24.3 Å². The normalized spacial score (nSPS) is 14.4. The Bertz CT molecular complexity index is 1020. The molecule has 1 unspecified atom stereocenters. The molecule has 59 heavy (non-hydrogen) atoms. The largest absolute Gasteiger partial charge is 0.508 e. The minimum atomic E-state index is -0.750. The Balaban J connectivity index is 2.51. The lowest BCUT2D eigenvalue weighted by molar-refractivity contribution is -0.161. The summed E-state index contributed by atoms with van der Waals surface area (Å²) in [5, 5.41) is 0. The van der Waals surface area contributed by atoms with Gasteiger partial charge in [-0.1, -0.05) is 141 Å². The minimum Gasteiger partial charge on any atom is -0.465 e.